The van der Waals surface area contributed by atoms with E-state index in [-0.39, 0.29) is 18.1 Å². The second-order valence-corrected chi connectivity index (χ2v) is 6.90. The Balaban J connectivity index is 1.66. The number of amides is 1. The van der Waals surface area contributed by atoms with E-state index in [0.29, 0.717) is 27.3 Å². The van der Waals surface area contributed by atoms with Crippen molar-refractivity contribution in [3.05, 3.63) is 70.4 Å². The Hall–Kier alpha value is -3.33. The molecule has 0 aliphatic rings. The molecular formula is C20H14F3NO4S. The quantitative estimate of drug-likeness (QED) is 0.574. The maximum atomic E-state index is 12.4. The largest absolute Gasteiger partial charge is 0.573 e. The summed E-state index contributed by atoms with van der Waals surface area (Å²) in [5.41, 5.74) is 2.47. The molecule has 0 saturated carbocycles. The van der Waals surface area contributed by atoms with Crippen molar-refractivity contribution in [2.45, 2.75) is 12.8 Å². The van der Waals surface area contributed by atoms with Crippen LogP contribution in [0.15, 0.2) is 60.0 Å². The number of nitrogens with one attached hydrogen (secondary N) is 1. The normalized spacial score (nSPS) is 11.1. The van der Waals surface area contributed by atoms with Gasteiger partial charge >= 0.3 is 12.3 Å². The first kappa shape index (κ1) is 20.4. The second-order valence-electron chi connectivity index (χ2n) is 5.99. The first-order valence-electron chi connectivity index (χ1n) is 8.26. The summed E-state index contributed by atoms with van der Waals surface area (Å²) in [6.07, 6.45) is -4.85. The summed E-state index contributed by atoms with van der Waals surface area (Å²) in [5, 5.41) is 13.2. The highest BCUT2D eigenvalue weighted by molar-refractivity contribution is 7.12. The third-order valence-electron chi connectivity index (χ3n) is 3.81. The van der Waals surface area contributed by atoms with Crippen LogP contribution in [0.4, 0.5) is 18.9 Å². The van der Waals surface area contributed by atoms with Crippen LogP contribution in [-0.2, 0) is 11.2 Å². The molecule has 3 aromatic rings. The number of alkyl halides is 3. The fourth-order valence-corrected chi connectivity index (χ4v) is 3.34. The standard InChI is InChI=1S/C20H14F3NO4S/c21-20(22,23)28-16-7-3-13(4-8-16)14-10-17(29-11-14)19(27)24-15-5-1-12(2-6-15)9-18(25)26/h1-8,10-11H,9H2,(H,24,27)(H,25,26). The number of anilines is 1. The lowest BCUT2D eigenvalue weighted by Gasteiger charge is -2.08. The summed E-state index contributed by atoms with van der Waals surface area (Å²) in [6, 6.07) is 13.5. The maximum Gasteiger partial charge on any atom is 0.573 e. The molecule has 29 heavy (non-hydrogen) atoms. The Morgan fingerprint density at radius 2 is 1.66 bits per heavy atom. The summed E-state index contributed by atoms with van der Waals surface area (Å²) < 4.78 is 40.5. The molecule has 9 heteroatoms. The van der Waals surface area contributed by atoms with Gasteiger partial charge in [0.1, 0.15) is 5.75 Å². The number of aliphatic carboxylic acids is 1. The van der Waals surface area contributed by atoms with E-state index in [4.69, 9.17) is 5.11 Å². The number of carboxylic acid groups (broad SMARTS) is 1. The molecule has 1 aromatic heterocycles. The Bertz CT molecular complexity index is 1010. The lowest BCUT2D eigenvalue weighted by atomic mass is 10.1. The molecular weight excluding hydrogens is 407 g/mol. The van der Waals surface area contributed by atoms with Crippen LogP contribution in [-0.4, -0.2) is 23.3 Å². The van der Waals surface area contributed by atoms with Crippen molar-refractivity contribution < 1.29 is 32.6 Å². The van der Waals surface area contributed by atoms with Crippen molar-refractivity contribution in [1.29, 1.82) is 0 Å². The molecule has 1 heterocycles. The topological polar surface area (TPSA) is 75.6 Å². The molecule has 1 amide bonds. The zero-order chi connectivity index (χ0) is 21.0. The van der Waals surface area contributed by atoms with Gasteiger partial charge in [-0.1, -0.05) is 24.3 Å². The van der Waals surface area contributed by atoms with Crippen LogP contribution in [0.25, 0.3) is 11.1 Å². The fraction of sp³-hybridized carbons (Fsp3) is 0.100. The maximum absolute atomic E-state index is 12.4. The lowest BCUT2D eigenvalue weighted by molar-refractivity contribution is -0.274. The van der Waals surface area contributed by atoms with Crippen molar-refractivity contribution in [1.82, 2.24) is 0 Å². The van der Waals surface area contributed by atoms with Gasteiger partial charge < -0.3 is 15.2 Å². The average molecular weight is 421 g/mol. The Kier molecular flexibility index (Phi) is 5.88. The van der Waals surface area contributed by atoms with Crippen LogP contribution in [0.3, 0.4) is 0 Å². The number of rotatable bonds is 6. The van der Waals surface area contributed by atoms with Gasteiger partial charge in [0.15, 0.2) is 0 Å². The van der Waals surface area contributed by atoms with E-state index in [1.807, 2.05) is 0 Å². The second kappa shape index (κ2) is 8.36. The van der Waals surface area contributed by atoms with Crippen LogP contribution in [0.2, 0.25) is 0 Å². The Morgan fingerprint density at radius 3 is 2.24 bits per heavy atom. The van der Waals surface area contributed by atoms with Crippen LogP contribution < -0.4 is 10.1 Å². The molecule has 150 valence electrons. The van der Waals surface area contributed by atoms with E-state index in [1.165, 1.54) is 35.6 Å². The summed E-state index contributed by atoms with van der Waals surface area (Å²) in [4.78, 5) is 23.5. The molecule has 0 atom stereocenters. The minimum atomic E-state index is -4.75. The van der Waals surface area contributed by atoms with Crippen LogP contribution in [0, 0.1) is 0 Å². The molecule has 0 spiro atoms. The number of thiophene rings is 1. The summed E-state index contributed by atoms with van der Waals surface area (Å²) in [6.45, 7) is 0. The number of hydrogen-bond acceptors (Lipinski definition) is 4. The summed E-state index contributed by atoms with van der Waals surface area (Å²) in [7, 11) is 0. The number of hydrogen-bond donors (Lipinski definition) is 2. The molecule has 0 unspecified atom stereocenters. The zero-order valence-corrected chi connectivity index (χ0v) is 15.5. The van der Waals surface area contributed by atoms with Gasteiger partial charge in [-0.25, -0.2) is 0 Å². The van der Waals surface area contributed by atoms with Crippen LogP contribution >= 0.6 is 11.3 Å². The first-order valence-corrected chi connectivity index (χ1v) is 9.14. The van der Waals surface area contributed by atoms with E-state index in [1.54, 1.807) is 35.7 Å². The lowest BCUT2D eigenvalue weighted by Crippen LogP contribution is -2.16. The predicted octanol–water partition coefficient (Wildman–Crippen LogP) is 5.19. The van der Waals surface area contributed by atoms with E-state index < -0.39 is 12.3 Å². The molecule has 2 N–H and O–H groups in total. The smallest absolute Gasteiger partial charge is 0.481 e. The van der Waals surface area contributed by atoms with Crippen LogP contribution in [0.5, 0.6) is 5.75 Å². The highest BCUT2D eigenvalue weighted by Gasteiger charge is 2.31. The van der Waals surface area contributed by atoms with Gasteiger partial charge in [0.25, 0.3) is 5.91 Å². The number of ether oxygens (including phenoxy) is 1. The van der Waals surface area contributed by atoms with Gasteiger partial charge in [-0.3, -0.25) is 9.59 Å². The van der Waals surface area contributed by atoms with Crippen molar-refractivity contribution in [3.63, 3.8) is 0 Å². The minimum Gasteiger partial charge on any atom is -0.481 e. The number of halogens is 3. The van der Waals surface area contributed by atoms with E-state index in [0.717, 1.165) is 0 Å². The monoisotopic (exact) mass is 421 g/mol. The van der Waals surface area contributed by atoms with Crippen molar-refractivity contribution in [2.24, 2.45) is 0 Å². The Morgan fingerprint density at radius 1 is 1.00 bits per heavy atom. The average Bonchev–Trinajstić information content (AvgIpc) is 3.12. The molecule has 0 aliphatic carbocycles. The third-order valence-corrected chi connectivity index (χ3v) is 4.74. The summed E-state index contributed by atoms with van der Waals surface area (Å²) >= 11 is 1.20. The van der Waals surface area contributed by atoms with Crippen molar-refractivity contribution in [3.8, 4) is 16.9 Å². The molecule has 0 radical (unpaired) electrons. The molecule has 3 rings (SSSR count). The number of benzene rings is 2. The van der Waals surface area contributed by atoms with Gasteiger partial charge in [-0.05, 0) is 52.4 Å². The van der Waals surface area contributed by atoms with Crippen molar-refractivity contribution in [2.75, 3.05) is 5.32 Å². The molecule has 0 saturated heterocycles. The van der Waals surface area contributed by atoms with Gasteiger partial charge in [0.2, 0.25) is 0 Å². The molecule has 0 fully saturated rings. The van der Waals surface area contributed by atoms with E-state index in [9.17, 15) is 22.8 Å². The van der Waals surface area contributed by atoms with E-state index in [2.05, 4.69) is 10.1 Å². The molecule has 5 nitrogen and oxygen atoms in total. The molecule has 0 bridgehead atoms. The fourth-order valence-electron chi connectivity index (χ4n) is 2.53. The highest BCUT2D eigenvalue weighted by Crippen LogP contribution is 2.29. The van der Waals surface area contributed by atoms with Gasteiger partial charge in [-0.15, -0.1) is 24.5 Å². The summed E-state index contributed by atoms with van der Waals surface area (Å²) in [5.74, 6) is -1.60. The molecule has 2 aromatic carbocycles. The SMILES string of the molecule is O=C(O)Cc1ccc(NC(=O)c2cc(-c3ccc(OC(F)(F)F)cc3)cs2)cc1. The van der Waals surface area contributed by atoms with Gasteiger partial charge in [0.05, 0.1) is 11.3 Å². The van der Waals surface area contributed by atoms with Gasteiger partial charge in [-0.2, -0.15) is 0 Å². The number of carbonyl (C=O) groups is 2. The number of carboxylic acids is 1. The van der Waals surface area contributed by atoms with Crippen molar-refractivity contribution >= 4 is 28.9 Å². The number of carbonyl (C=O) groups excluding carboxylic acids is 1. The zero-order valence-electron chi connectivity index (χ0n) is 14.7. The van der Waals surface area contributed by atoms with Gasteiger partial charge in [0, 0.05) is 5.69 Å². The first-order chi connectivity index (χ1) is 13.7. The third kappa shape index (κ3) is 5.82. The van der Waals surface area contributed by atoms with Crippen LogP contribution in [0.1, 0.15) is 15.2 Å². The molecule has 0 aliphatic heterocycles. The highest BCUT2D eigenvalue weighted by atomic mass is 32.1. The minimum absolute atomic E-state index is 0.102. The van der Waals surface area contributed by atoms with E-state index >= 15 is 0 Å². The predicted molar refractivity (Wildman–Crippen MR) is 102 cm³/mol. The Labute approximate surface area is 167 Å².